The van der Waals surface area contributed by atoms with Crippen LogP contribution in [-0.2, 0) is 4.79 Å². The van der Waals surface area contributed by atoms with Gasteiger partial charge in [-0.3, -0.25) is 0 Å². The van der Waals surface area contributed by atoms with Gasteiger partial charge in [0.05, 0.1) is 0 Å². The maximum absolute atomic E-state index is 10.6. The molecule has 0 rings (SSSR count). The van der Waals surface area contributed by atoms with Gasteiger partial charge in [0.15, 0.2) is 0 Å². The first-order valence-electron chi connectivity index (χ1n) is 6.51. The molecule has 1 atom stereocenters. The standard InChI is InChI=1S/C14H26O2/c1-4-6-10-13(8-5-2)11-7-9-12(3)14(15)16/h9,13H,4-8,10-11H2,1-3H3,(H,15,16). The summed E-state index contributed by atoms with van der Waals surface area (Å²) in [6, 6.07) is 0. The minimum atomic E-state index is -0.791. The third kappa shape index (κ3) is 7.49. The number of carboxylic acid groups (broad SMARTS) is 1. The SMILES string of the molecule is CCCCC(CCC)CCC=C(C)C(=O)O. The Kier molecular flexibility index (Phi) is 8.97. The summed E-state index contributed by atoms with van der Waals surface area (Å²) in [4.78, 5) is 10.6. The van der Waals surface area contributed by atoms with E-state index in [1.54, 1.807) is 6.92 Å². The Morgan fingerprint density at radius 1 is 1.19 bits per heavy atom. The molecule has 0 bridgehead atoms. The van der Waals surface area contributed by atoms with Gasteiger partial charge in [0.25, 0.3) is 0 Å². The number of allylic oxidation sites excluding steroid dienone is 1. The molecule has 1 N–H and O–H groups in total. The summed E-state index contributed by atoms with van der Waals surface area (Å²) in [6.45, 7) is 6.11. The normalized spacial score (nSPS) is 13.8. The zero-order valence-corrected chi connectivity index (χ0v) is 11.0. The number of carboxylic acids is 1. The van der Waals surface area contributed by atoms with E-state index < -0.39 is 5.97 Å². The lowest BCUT2D eigenvalue weighted by Crippen LogP contribution is -2.01. The maximum atomic E-state index is 10.6. The van der Waals surface area contributed by atoms with Gasteiger partial charge in [-0.1, -0.05) is 52.0 Å². The fourth-order valence-corrected chi connectivity index (χ4v) is 1.96. The third-order valence-electron chi connectivity index (χ3n) is 3.03. The van der Waals surface area contributed by atoms with Gasteiger partial charge in [-0.05, 0) is 25.7 Å². The molecule has 0 aromatic rings. The quantitative estimate of drug-likeness (QED) is 0.591. The van der Waals surface area contributed by atoms with Crippen molar-refractivity contribution in [3.8, 4) is 0 Å². The van der Waals surface area contributed by atoms with Crippen molar-refractivity contribution in [2.45, 2.75) is 65.7 Å². The average Bonchev–Trinajstić information content (AvgIpc) is 2.25. The van der Waals surface area contributed by atoms with Crippen LogP contribution in [0.2, 0.25) is 0 Å². The molecular formula is C14H26O2. The summed E-state index contributed by atoms with van der Waals surface area (Å²) in [5.74, 6) is -0.0107. The Balaban J connectivity index is 3.91. The van der Waals surface area contributed by atoms with Gasteiger partial charge >= 0.3 is 5.97 Å². The van der Waals surface area contributed by atoms with Crippen molar-refractivity contribution in [3.05, 3.63) is 11.6 Å². The van der Waals surface area contributed by atoms with Crippen LogP contribution in [-0.4, -0.2) is 11.1 Å². The lowest BCUT2D eigenvalue weighted by molar-refractivity contribution is -0.132. The molecule has 94 valence electrons. The molecule has 0 aliphatic heterocycles. The topological polar surface area (TPSA) is 37.3 Å². The van der Waals surface area contributed by atoms with Crippen molar-refractivity contribution in [3.63, 3.8) is 0 Å². The van der Waals surface area contributed by atoms with Gasteiger partial charge in [-0.15, -0.1) is 0 Å². The summed E-state index contributed by atoms with van der Waals surface area (Å²) in [5.41, 5.74) is 0.478. The van der Waals surface area contributed by atoms with Gasteiger partial charge in [0.2, 0.25) is 0 Å². The molecule has 2 heteroatoms. The number of rotatable bonds is 9. The van der Waals surface area contributed by atoms with Crippen molar-refractivity contribution in [1.82, 2.24) is 0 Å². The van der Waals surface area contributed by atoms with Crippen LogP contribution in [0.1, 0.15) is 65.7 Å². The van der Waals surface area contributed by atoms with E-state index in [4.69, 9.17) is 5.11 Å². The molecule has 0 heterocycles. The molecule has 0 saturated heterocycles. The molecule has 0 aliphatic rings. The van der Waals surface area contributed by atoms with E-state index in [1.807, 2.05) is 6.08 Å². The number of hydrogen-bond acceptors (Lipinski definition) is 1. The van der Waals surface area contributed by atoms with Crippen LogP contribution in [0.25, 0.3) is 0 Å². The molecule has 2 nitrogen and oxygen atoms in total. The van der Waals surface area contributed by atoms with Gasteiger partial charge in [0, 0.05) is 5.57 Å². The largest absolute Gasteiger partial charge is 0.478 e. The second-order valence-corrected chi connectivity index (χ2v) is 4.57. The predicted molar refractivity (Wildman–Crippen MR) is 68.5 cm³/mol. The second-order valence-electron chi connectivity index (χ2n) is 4.57. The summed E-state index contributed by atoms with van der Waals surface area (Å²) in [7, 11) is 0. The maximum Gasteiger partial charge on any atom is 0.330 e. The molecule has 1 unspecified atom stereocenters. The van der Waals surface area contributed by atoms with E-state index in [1.165, 1.54) is 32.1 Å². The lowest BCUT2D eigenvalue weighted by Gasteiger charge is -2.14. The Labute approximate surface area is 99.7 Å². The highest BCUT2D eigenvalue weighted by Gasteiger charge is 2.06. The zero-order chi connectivity index (χ0) is 12.4. The minimum absolute atomic E-state index is 0.478. The highest BCUT2D eigenvalue weighted by Crippen LogP contribution is 2.20. The average molecular weight is 226 g/mol. The van der Waals surface area contributed by atoms with Gasteiger partial charge in [-0.2, -0.15) is 0 Å². The number of unbranched alkanes of at least 4 members (excludes halogenated alkanes) is 1. The predicted octanol–water partition coefficient (Wildman–Crippen LogP) is 4.40. The van der Waals surface area contributed by atoms with Crippen molar-refractivity contribution in [1.29, 1.82) is 0 Å². The summed E-state index contributed by atoms with van der Waals surface area (Å²) in [6.07, 6.45) is 10.3. The molecule has 0 spiro atoms. The fourth-order valence-electron chi connectivity index (χ4n) is 1.96. The molecule has 0 aromatic carbocycles. The van der Waals surface area contributed by atoms with Crippen LogP contribution in [0.5, 0.6) is 0 Å². The molecule has 16 heavy (non-hydrogen) atoms. The van der Waals surface area contributed by atoms with Crippen molar-refractivity contribution in [2.75, 3.05) is 0 Å². The number of hydrogen-bond donors (Lipinski definition) is 1. The number of aliphatic carboxylic acids is 1. The van der Waals surface area contributed by atoms with Crippen LogP contribution in [0, 0.1) is 5.92 Å². The molecule has 0 radical (unpaired) electrons. The molecule has 0 saturated carbocycles. The van der Waals surface area contributed by atoms with E-state index >= 15 is 0 Å². The van der Waals surface area contributed by atoms with E-state index in [0.717, 1.165) is 18.8 Å². The minimum Gasteiger partial charge on any atom is -0.478 e. The highest BCUT2D eigenvalue weighted by molar-refractivity contribution is 5.85. The van der Waals surface area contributed by atoms with E-state index in [2.05, 4.69) is 13.8 Å². The summed E-state index contributed by atoms with van der Waals surface area (Å²) >= 11 is 0. The van der Waals surface area contributed by atoms with Crippen molar-refractivity contribution in [2.24, 2.45) is 5.92 Å². The van der Waals surface area contributed by atoms with E-state index in [-0.39, 0.29) is 0 Å². The Morgan fingerprint density at radius 2 is 1.88 bits per heavy atom. The molecule has 0 fully saturated rings. The van der Waals surface area contributed by atoms with Crippen molar-refractivity contribution >= 4 is 5.97 Å². The Hall–Kier alpha value is -0.790. The monoisotopic (exact) mass is 226 g/mol. The van der Waals surface area contributed by atoms with E-state index in [0.29, 0.717) is 5.57 Å². The molecular weight excluding hydrogens is 200 g/mol. The van der Waals surface area contributed by atoms with Crippen LogP contribution in [0.15, 0.2) is 11.6 Å². The van der Waals surface area contributed by atoms with Crippen molar-refractivity contribution < 1.29 is 9.90 Å². The molecule has 0 amide bonds. The lowest BCUT2D eigenvalue weighted by atomic mass is 9.92. The van der Waals surface area contributed by atoms with Gasteiger partial charge in [0.1, 0.15) is 0 Å². The molecule has 0 aliphatic carbocycles. The first-order valence-corrected chi connectivity index (χ1v) is 6.51. The van der Waals surface area contributed by atoms with Crippen LogP contribution in [0.4, 0.5) is 0 Å². The Morgan fingerprint density at radius 3 is 2.38 bits per heavy atom. The van der Waals surface area contributed by atoms with E-state index in [9.17, 15) is 4.79 Å². The van der Waals surface area contributed by atoms with Crippen LogP contribution < -0.4 is 0 Å². The van der Waals surface area contributed by atoms with Gasteiger partial charge in [-0.25, -0.2) is 4.79 Å². The third-order valence-corrected chi connectivity index (χ3v) is 3.03. The van der Waals surface area contributed by atoms with Gasteiger partial charge < -0.3 is 5.11 Å². The second kappa shape index (κ2) is 9.44. The zero-order valence-electron chi connectivity index (χ0n) is 11.0. The fraction of sp³-hybridized carbons (Fsp3) is 0.786. The van der Waals surface area contributed by atoms with Crippen LogP contribution >= 0.6 is 0 Å². The smallest absolute Gasteiger partial charge is 0.330 e. The van der Waals surface area contributed by atoms with Crippen LogP contribution in [0.3, 0.4) is 0 Å². The first kappa shape index (κ1) is 15.2. The molecule has 0 aromatic heterocycles. The summed E-state index contributed by atoms with van der Waals surface area (Å²) < 4.78 is 0. The highest BCUT2D eigenvalue weighted by atomic mass is 16.4. The Bertz CT molecular complexity index is 219. The first-order chi connectivity index (χ1) is 7.61. The number of carbonyl (C=O) groups is 1. The summed E-state index contributed by atoms with van der Waals surface area (Å²) in [5, 5.41) is 8.72.